The van der Waals surface area contributed by atoms with Crippen molar-refractivity contribution in [1.29, 1.82) is 0 Å². The highest BCUT2D eigenvalue weighted by molar-refractivity contribution is 5.94. The van der Waals surface area contributed by atoms with Gasteiger partial charge in [-0.25, -0.2) is 0 Å². The van der Waals surface area contributed by atoms with Crippen molar-refractivity contribution in [3.8, 4) is 11.5 Å². The summed E-state index contributed by atoms with van der Waals surface area (Å²) >= 11 is 0. The number of carboxylic acid groups (broad SMARTS) is 1. The van der Waals surface area contributed by atoms with Gasteiger partial charge in [0.05, 0.1) is 19.1 Å². The number of carboxylic acids is 1. The molecule has 0 spiro atoms. The van der Waals surface area contributed by atoms with Gasteiger partial charge in [-0.05, 0) is 31.9 Å². The molecule has 0 saturated heterocycles. The fourth-order valence-corrected chi connectivity index (χ4v) is 2.60. The summed E-state index contributed by atoms with van der Waals surface area (Å²) in [7, 11) is 1.53. The zero-order valence-corrected chi connectivity index (χ0v) is 12.8. The summed E-state index contributed by atoms with van der Waals surface area (Å²) in [5, 5.41) is 12.0. The third kappa shape index (κ3) is 3.32. The van der Waals surface area contributed by atoms with E-state index < -0.39 is 11.4 Å². The first-order valence-electron chi connectivity index (χ1n) is 7.35. The fourth-order valence-electron chi connectivity index (χ4n) is 2.60. The molecule has 6 nitrogen and oxygen atoms in total. The largest absolute Gasteiger partial charge is 0.493 e. The molecule has 0 aliphatic heterocycles. The fraction of sp³-hybridized carbons (Fsp3) is 0.500. The lowest BCUT2D eigenvalue weighted by Crippen LogP contribution is -2.41. The van der Waals surface area contributed by atoms with Crippen molar-refractivity contribution in [3.05, 3.63) is 18.2 Å². The molecule has 0 aromatic heterocycles. The summed E-state index contributed by atoms with van der Waals surface area (Å²) in [5.41, 5.74) is -0.329. The number of nitrogens with one attached hydrogen (secondary N) is 1. The summed E-state index contributed by atoms with van der Waals surface area (Å²) < 4.78 is 10.6. The predicted molar refractivity (Wildman–Crippen MR) is 81.3 cm³/mol. The van der Waals surface area contributed by atoms with E-state index in [1.807, 2.05) is 6.92 Å². The molecule has 0 unspecified atom stereocenters. The van der Waals surface area contributed by atoms with Crippen LogP contribution in [0.25, 0.3) is 0 Å². The number of carbonyl (C=O) groups excluding carboxylic acids is 1. The minimum atomic E-state index is -0.891. The number of aliphatic carboxylic acids is 1. The SMILES string of the molecule is CCOc1ccc(NC(=O)CC2(C(=O)O)CCC2)cc1OC. The Kier molecular flexibility index (Phi) is 4.90. The molecule has 0 radical (unpaired) electrons. The number of hydrogen-bond acceptors (Lipinski definition) is 4. The molecule has 22 heavy (non-hydrogen) atoms. The summed E-state index contributed by atoms with van der Waals surface area (Å²) in [6.07, 6.45) is 1.97. The maximum absolute atomic E-state index is 12.1. The van der Waals surface area contributed by atoms with Crippen LogP contribution in [0.2, 0.25) is 0 Å². The average molecular weight is 307 g/mol. The van der Waals surface area contributed by atoms with E-state index in [2.05, 4.69) is 5.32 Å². The Balaban J connectivity index is 2.04. The first-order chi connectivity index (χ1) is 10.5. The van der Waals surface area contributed by atoms with Gasteiger partial charge >= 0.3 is 5.97 Å². The van der Waals surface area contributed by atoms with Crippen molar-refractivity contribution in [2.75, 3.05) is 19.0 Å². The van der Waals surface area contributed by atoms with Gasteiger partial charge in [0, 0.05) is 18.2 Å². The molecule has 1 aromatic carbocycles. The number of amides is 1. The van der Waals surface area contributed by atoms with E-state index >= 15 is 0 Å². The molecule has 6 heteroatoms. The first kappa shape index (κ1) is 16.1. The standard InChI is InChI=1S/C16H21NO5/c1-3-22-12-6-5-11(9-13(12)21-2)17-14(18)10-16(15(19)20)7-4-8-16/h5-6,9H,3-4,7-8,10H2,1-2H3,(H,17,18)(H,19,20). The monoisotopic (exact) mass is 307 g/mol. The number of anilines is 1. The minimum Gasteiger partial charge on any atom is -0.493 e. The molecule has 120 valence electrons. The van der Waals surface area contributed by atoms with Gasteiger partial charge < -0.3 is 19.9 Å². The lowest BCUT2D eigenvalue weighted by Gasteiger charge is -2.36. The van der Waals surface area contributed by atoms with Crippen molar-refractivity contribution >= 4 is 17.6 Å². The number of carbonyl (C=O) groups is 2. The quantitative estimate of drug-likeness (QED) is 0.809. The zero-order chi connectivity index (χ0) is 16.2. The van der Waals surface area contributed by atoms with Gasteiger partial charge in [-0.2, -0.15) is 0 Å². The van der Waals surface area contributed by atoms with Crippen LogP contribution >= 0.6 is 0 Å². The molecular weight excluding hydrogens is 286 g/mol. The Morgan fingerprint density at radius 1 is 1.32 bits per heavy atom. The average Bonchev–Trinajstić information content (AvgIpc) is 2.44. The van der Waals surface area contributed by atoms with E-state index in [9.17, 15) is 14.7 Å². The lowest BCUT2D eigenvalue weighted by molar-refractivity contribution is -0.157. The van der Waals surface area contributed by atoms with Crippen LogP contribution in [-0.2, 0) is 9.59 Å². The summed E-state index contributed by atoms with van der Waals surface area (Å²) in [5.74, 6) is -0.0632. The smallest absolute Gasteiger partial charge is 0.310 e. The first-order valence-corrected chi connectivity index (χ1v) is 7.35. The molecule has 1 aliphatic carbocycles. The minimum absolute atomic E-state index is 0.00212. The zero-order valence-electron chi connectivity index (χ0n) is 12.8. The number of benzene rings is 1. The Labute approximate surface area is 129 Å². The summed E-state index contributed by atoms with van der Waals surface area (Å²) in [4.78, 5) is 23.4. The van der Waals surface area contributed by atoms with Crippen molar-refractivity contribution < 1.29 is 24.2 Å². The third-order valence-corrected chi connectivity index (χ3v) is 4.01. The maximum Gasteiger partial charge on any atom is 0.310 e. The van der Waals surface area contributed by atoms with Crippen LogP contribution in [0.5, 0.6) is 11.5 Å². The van der Waals surface area contributed by atoms with Gasteiger partial charge in [0.15, 0.2) is 11.5 Å². The Hall–Kier alpha value is -2.24. The van der Waals surface area contributed by atoms with Gasteiger partial charge in [-0.1, -0.05) is 6.42 Å². The van der Waals surface area contributed by atoms with Crippen LogP contribution in [0, 0.1) is 5.41 Å². The highest BCUT2D eigenvalue weighted by Crippen LogP contribution is 2.44. The number of ether oxygens (including phenoxy) is 2. The summed E-state index contributed by atoms with van der Waals surface area (Å²) in [6, 6.07) is 5.09. The molecule has 2 N–H and O–H groups in total. The molecule has 2 rings (SSSR count). The molecule has 0 heterocycles. The molecule has 0 atom stereocenters. The van der Waals surface area contributed by atoms with E-state index in [1.165, 1.54) is 7.11 Å². The van der Waals surface area contributed by atoms with Gasteiger partial charge in [0.25, 0.3) is 0 Å². The van der Waals surface area contributed by atoms with Gasteiger partial charge in [-0.15, -0.1) is 0 Å². The maximum atomic E-state index is 12.1. The second-order valence-corrected chi connectivity index (χ2v) is 5.46. The Morgan fingerprint density at radius 2 is 2.05 bits per heavy atom. The third-order valence-electron chi connectivity index (χ3n) is 4.01. The molecule has 1 aliphatic rings. The van der Waals surface area contributed by atoms with Crippen LogP contribution in [0.1, 0.15) is 32.6 Å². The van der Waals surface area contributed by atoms with E-state index in [1.54, 1.807) is 18.2 Å². The molecule has 1 amide bonds. The van der Waals surface area contributed by atoms with Gasteiger partial charge in [0.1, 0.15) is 0 Å². The molecule has 1 fully saturated rings. The number of hydrogen-bond donors (Lipinski definition) is 2. The molecule has 1 aromatic rings. The Morgan fingerprint density at radius 3 is 2.55 bits per heavy atom. The van der Waals surface area contributed by atoms with Crippen molar-refractivity contribution in [2.45, 2.75) is 32.6 Å². The van der Waals surface area contributed by atoms with Crippen LogP contribution in [-0.4, -0.2) is 30.7 Å². The second-order valence-electron chi connectivity index (χ2n) is 5.46. The van der Waals surface area contributed by atoms with Crippen molar-refractivity contribution in [1.82, 2.24) is 0 Å². The number of methoxy groups -OCH3 is 1. The summed E-state index contributed by atoms with van der Waals surface area (Å²) in [6.45, 7) is 2.39. The van der Waals surface area contributed by atoms with Crippen LogP contribution in [0.15, 0.2) is 18.2 Å². The van der Waals surface area contributed by atoms with E-state index in [0.717, 1.165) is 6.42 Å². The normalized spacial score (nSPS) is 15.5. The van der Waals surface area contributed by atoms with Crippen molar-refractivity contribution in [2.24, 2.45) is 5.41 Å². The van der Waals surface area contributed by atoms with E-state index in [4.69, 9.17) is 9.47 Å². The van der Waals surface area contributed by atoms with Crippen LogP contribution in [0.3, 0.4) is 0 Å². The van der Waals surface area contributed by atoms with Gasteiger partial charge in [-0.3, -0.25) is 9.59 Å². The number of rotatable bonds is 7. The lowest BCUT2D eigenvalue weighted by atomic mass is 9.66. The molecule has 1 saturated carbocycles. The highest BCUT2D eigenvalue weighted by Gasteiger charge is 2.45. The topological polar surface area (TPSA) is 84.9 Å². The van der Waals surface area contributed by atoms with Crippen LogP contribution < -0.4 is 14.8 Å². The Bertz CT molecular complexity index is 566. The van der Waals surface area contributed by atoms with Gasteiger partial charge in [0.2, 0.25) is 5.91 Å². The highest BCUT2D eigenvalue weighted by atomic mass is 16.5. The van der Waals surface area contributed by atoms with Crippen LogP contribution in [0.4, 0.5) is 5.69 Å². The van der Waals surface area contributed by atoms with E-state index in [0.29, 0.717) is 36.6 Å². The molecular formula is C16H21NO5. The second kappa shape index (κ2) is 6.68. The van der Waals surface area contributed by atoms with E-state index in [-0.39, 0.29) is 12.3 Å². The van der Waals surface area contributed by atoms with Crippen molar-refractivity contribution in [3.63, 3.8) is 0 Å². The predicted octanol–water partition coefficient (Wildman–Crippen LogP) is 2.68. The molecule has 0 bridgehead atoms.